The highest BCUT2D eigenvalue weighted by atomic mass is 32.2. The summed E-state index contributed by atoms with van der Waals surface area (Å²) in [6.45, 7) is 9.02. The summed E-state index contributed by atoms with van der Waals surface area (Å²) < 4.78 is 32.2. The van der Waals surface area contributed by atoms with Crippen LogP contribution in [-0.2, 0) is 14.9 Å². The monoisotopic (exact) mass is 589 g/mol. The summed E-state index contributed by atoms with van der Waals surface area (Å²) >= 11 is 0. The standard InChI is InChI=1S/C32H63NO6S/c1-27(2)22-18-14-10-6-5-7-12-16-20-24-30(34)29(26-40(37,38)39)33-32(36)31(35)25-21-17-13-9-8-11-15-19-23-28(3)4/h20,24,27-31,34-35H,5-19,21-23,25-26H2,1-4H3,(H,33,36)(H,37,38,39)/b24-20+/t29-,30-,31-/m1/s1. The number of aliphatic hydroxyl groups is 2. The Balaban J connectivity index is 4.24. The van der Waals surface area contributed by atoms with Gasteiger partial charge >= 0.3 is 0 Å². The maximum Gasteiger partial charge on any atom is 0.267 e. The van der Waals surface area contributed by atoms with E-state index in [1.54, 1.807) is 6.08 Å². The van der Waals surface area contributed by atoms with E-state index in [0.717, 1.165) is 50.4 Å². The molecule has 0 saturated heterocycles. The van der Waals surface area contributed by atoms with Crippen LogP contribution in [0.3, 0.4) is 0 Å². The molecule has 238 valence electrons. The number of rotatable bonds is 27. The molecule has 0 radical (unpaired) electrons. The van der Waals surface area contributed by atoms with Crippen LogP contribution in [0, 0.1) is 11.8 Å². The molecule has 7 nitrogen and oxygen atoms in total. The van der Waals surface area contributed by atoms with Gasteiger partial charge in [-0.2, -0.15) is 8.42 Å². The Kier molecular flexibility index (Phi) is 24.0. The van der Waals surface area contributed by atoms with E-state index in [0.29, 0.717) is 6.42 Å². The number of nitrogens with one attached hydrogen (secondary N) is 1. The number of carbonyl (C=O) groups is 1. The second kappa shape index (κ2) is 24.6. The molecule has 0 aliphatic carbocycles. The molecule has 0 unspecified atom stereocenters. The van der Waals surface area contributed by atoms with Crippen molar-refractivity contribution < 1.29 is 28.0 Å². The second-order valence-electron chi connectivity index (χ2n) is 12.5. The SMILES string of the molecule is CC(C)CCCCCCCCC/C=C/[C@@H](O)[C@@H](CS(=O)(=O)O)NC(=O)[C@H](O)CCCCCCCCCCC(C)C. The molecular weight excluding hydrogens is 526 g/mol. The molecule has 0 saturated carbocycles. The molecule has 0 bridgehead atoms. The normalized spacial score (nSPS) is 14.7. The molecule has 4 N–H and O–H groups in total. The Morgan fingerprint density at radius 3 is 1.50 bits per heavy atom. The van der Waals surface area contributed by atoms with E-state index in [4.69, 9.17) is 0 Å². The highest BCUT2D eigenvalue weighted by Crippen LogP contribution is 2.15. The number of aliphatic hydroxyl groups excluding tert-OH is 2. The Bertz CT molecular complexity index is 738. The smallest absolute Gasteiger partial charge is 0.267 e. The lowest BCUT2D eigenvalue weighted by atomic mass is 10.0. The van der Waals surface area contributed by atoms with Crippen molar-refractivity contribution >= 4 is 16.0 Å². The molecule has 0 aromatic rings. The molecule has 0 spiro atoms. The third-order valence-corrected chi connectivity index (χ3v) is 8.21. The fourth-order valence-corrected chi connectivity index (χ4v) is 5.62. The quantitative estimate of drug-likeness (QED) is 0.0451. The van der Waals surface area contributed by atoms with Crippen molar-refractivity contribution in [2.45, 2.75) is 168 Å². The minimum Gasteiger partial charge on any atom is -0.387 e. The molecule has 0 aromatic carbocycles. The Hall–Kier alpha value is -0.960. The number of hydrogen-bond donors (Lipinski definition) is 4. The van der Waals surface area contributed by atoms with E-state index < -0.39 is 40.0 Å². The van der Waals surface area contributed by atoms with Gasteiger partial charge in [0.15, 0.2) is 0 Å². The molecule has 1 amide bonds. The average Bonchev–Trinajstić information content (AvgIpc) is 2.86. The van der Waals surface area contributed by atoms with E-state index >= 15 is 0 Å². The lowest BCUT2D eigenvalue weighted by Crippen LogP contribution is -2.50. The van der Waals surface area contributed by atoms with Gasteiger partial charge in [-0.1, -0.05) is 143 Å². The van der Waals surface area contributed by atoms with Gasteiger partial charge in [0.25, 0.3) is 10.1 Å². The molecule has 0 rings (SSSR count). The number of allylic oxidation sites excluding steroid dienone is 1. The van der Waals surface area contributed by atoms with Crippen LogP contribution in [0.1, 0.15) is 150 Å². The maximum absolute atomic E-state index is 12.5. The first kappa shape index (κ1) is 39.0. The largest absolute Gasteiger partial charge is 0.387 e. The van der Waals surface area contributed by atoms with Crippen LogP contribution in [0.5, 0.6) is 0 Å². The van der Waals surface area contributed by atoms with Gasteiger partial charge in [-0.05, 0) is 31.1 Å². The van der Waals surface area contributed by atoms with Crippen LogP contribution < -0.4 is 5.32 Å². The fourth-order valence-electron chi connectivity index (χ4n) is 4.88. The Morgan fingerprint density at radius 1 is 0.675 bits per heavy atom. The molecule has 0 aromatic heterocycles. The van der Waals surface area contributed by atoms with Crippen molar-refractivity contribution in [3.63, 3.8) is 0 Å². The number of amides is 1. The molecule has 3 atom stereocenters. The van der Waals surface area contributed by atoms with Gasteiger partial charge in [-0.3, -0.25) is 9.35 Å². The zero-order valence-electron chi connectivity index (χ0n) is 26.2. The predicted molar refractivity (Wildman–Crippen MR) is 167 cm³/mol. The van der Waals surface area contributed by atoms with Crippen LogP contribution >= 0.6 is 0 Å². The molecule has 40 heavy (non-hydrogen) atoms. The molecule has 0 aliphatic rings. The van der Waals surface area contributed by atoms with Gasteiger partial charge in [-0.15, -0.1) is 0 Å². The summed E-state index contributed by atoms with van der Waals surface area (Å²) in [7, 11) is -4.43. The van der Waals surface area contributed by atoms with E-state index in [9.17, 15) is 28.0 Å². The van der Waals surface area contributed by atoms with Crippen molar-refractivity contribution in [3.8, 4) is 0 Å². The first-order chi connectivity index (χ1) is 18.9. The number of carbonyl (C=O) groups excluding carboxylic acids is 1. The van der Waals surface area contributed by atoms with Gasteiger partial charge in [0.05, 0.1) is 17.9 Å². The lowest BCUT2D eigenvalue weighted by molar-refractivity contribution is -0.130. The van der Waals surface area contributed by atoms with Crippen LogP contribution in [0.2, 0.25) is 0 Å². The van der Waals surface area contributed by atoms with Gasteiger partial charge in [-0.25, -0.2) is 0 Å². The van der Waals surface area contributed by atoms with Crippen molar-refractivity contribution in [1.29, 1.82) is 0 Å². The molecular formula is C32H63NO6S. The van der Waals surface area contributed by atoms with Gasteiger partial charge in [0, 0.05) is 0 Å². The van der Waals surface area contributed by atoms with Crippen molar-refractivity contribution in [1.82, 2.24) is 5.32 Å². The molecule has 8 heteroatoms. The Labute approximate surface area is 246 Å². The Morgan fingerprint density at radius 2 is 1.07 bits per heavy atom. The number of unbranched alkanes of at least 4 members (excludes halogenated alkanes) is 14. The summed E-state index contributed by atoms with van der Waals surface area (Å²) in [6.07, 6.45) is 21.5. The summed E-state index contributed by atoms with van der Waals surface area (Å²) in [6, 6.07) is -1.23. The predicted octanol–water partition coefficient (Wildman–Crippen LogP) is 7.36. The minimum atomic E-state index is -4.43. The topological polar surface area (TPSA) is 124 Å². The second-order valence-corrected chi connectivity index (χ2v) is 14.0. The molecule has 0 fully saturated rings. The molecule has 0 aliphatic heterocycles. The highest BCUT2D eigenvalue weighted by Gasteiger charge is 2.27. The van der Waals surface area contributed by atoms with Crippen LogP contribution in [-0.4, -0.2) is 53.1 Å². The van der Waals surface area contributed by atoms with Gasteiger partial charge < -0.3 is 15.5 Å². The third kappa shape index (κ3) is 26.0. The summed E-state index contributed by atoms with van der Waals surface area (Å²) in [4.78, 5) is 12.5. The zero-order valence-corrected chi connectivity index (χ0v) is 27.0. The van der Waals surface area contributed by atoms with E-state index in [2.05, 4.69) is 33.0 Å². The van der Waals surface area contributed by atoms with E-state index in [1.807, 2.05) is 0 Å². The van der Waals surface area contributed by atoms with E-state index in [-0.39, 0.29) is 6.42 Å². The van der Waals surface area contributed by atoms with Crippen molar-refractivity contribution in [2.24, 2.45) is 11.8 Å². The summed E-state index contributed by atoms with van der Waals surface area (Å²) in [5, 5.41) is 23.2. The number of hydrogen-bond acceptors (Lipinski definition) is 5. The molecule has 0 heterocycles. The highest BCUT2D eigenvalue weighted by molar-refractivity contribution is 7.85. The summed E-state index contributed by atoms with van der Waals surface area (Å²) in [5.74, 6) is 0.00622. The first-order valence-corrected chi connectivity index (χ1v) is 17.8. The third-order valence-electron chi connectivity index (χ3n) is 7.43. The first-order valence-electron chi connectivity index (χ1n) is 16.2. The van der Waals surface area contributed by atoms with Gasteiger partial charge in [0.2, 0.25) is 5.91 Å². The lowest BCUT2D eigenvalue weighted by Gasteiger charge is -2.22. The van der Waals surface area contributed by atoms with Crippen LogP contribution in [0.4, 0.5) is 0 Å². The summed E-state index contributed by atoms with van der Waals surface area (Å²) in [5.41, 5.74) is 0. The van der Waals surface area contributed by atoms with E-state index in [1.165, 1.54) is 76.7 Å². The van der Waals surface area contributed by atoms with Crippen molar-refractivity contribution in [3.05, 3.63) is 12.2 Å². The fraction of sp³-hybridized carbons (Fsp3) is 0.906. The van der Waals surface area contributed by atoms with Crippen LogP contribution in [0.25, 0.3) is 0 Å². The van der Waals surface area contributed by atoms with Gasteiger partial charge in [0.1, 0.15) is 6.10 Å². The van der Waals surface area contributed by atoms with Crippen LogP contribution in [0.15, 0.2) is 12.2 Å². The van der Waals surface area contributed by atoms with Crippen molar-refractivity contribution in [2.75, 3.05) is 5.75 Å². The average molecular weight is 590 g/mol. The maximum atomic E-state index is 12.5. The zero-order chi connectivity index (χ0) is 30.2. The minimum absolute atomic E-state index is 0.280.